The summed E-state index contributed by atoms with van der Waals surface area (Å²) in [5.41, 5.74) is 1.51. The second kappa shape index (κ2) is 7.85. The maximum Gasteiger partial charge on any atom is 0.418 e. The first-order chi connectivity index (χ1) is 13.9. The van der Waals surface area contributed by atoms with Crippen LogP contribution in [-0.2, 0) is 12.6 Å². The van der Waals surface area contributed by atoms with Gasteiger partial charge in [0.1, 0.15) is 0 Å². The van der Waals surface area contributed by atoms with Crippen LogP contribution in [0.1, 0.15) is 43.9 Å². The summed E-state index contributed by atoms with van der Waals surface area (Å²) in [7, 11) is 0. The minimum atomic E-state index is -4.51. The molecule has 1 fully saturated rings. The molecule has 8 heteroatoms. The van der Waals surface area contributed by atoms with Crippen molar-refractivity contribution in [1.29, 1.82) is 0 Å². The first-order valence-electron chi connectivity index (χ1n) is 9.78. The molecule has 1 aliphatic carbocycles. The highest BCUT2D eigenvalue weighted by atomic mass is 19.4. The van der Waals surface area contributed by atoms with Crippen molar-refractivity contribution >= 4 is 5.69 Å². The maximum atomic E-state index is 13.7. The number of anilines is 1. The van der Waals surface area contributed by atoms with E-state index in [1.165, 1.54) is 12.4 Å². The van der Waals surface area contributed by atoms with Crippen LogP contribution in [0.15, 0.2) is 43.0 Å². The second-order valence-electron chi connectivity index (χ2n) is 7.32. The molecule has 152 valence electrons. The topological polar surface area (TPSA) is 55.6 Å². The standard InChI is InChI=1S/C21H22F3N5/c1-2-4-16-9-18(7-8-25-16)29-13-14(11-27-29)20-19(21(22,23)24)10-17(12-26-20)28-15-5-3-6-15/h7-13,15,28H,2-6H2,1H3. The Labute approximate surface area is 167 Å². The van der Waals surface area contributed by atoms with Gasteiger partial charge in [0.05, 0.1) is 35.0 Å². The number of pyridine rings is 2. The fraction of sp³-hybridized carbons (Fsp3) is 0.381. The number of aromatic nitrogens is 4. The van der Waals surface area contributed by atoms with E-state index in [2.05, 4.69) is 27.3 Å². The molecule has 0 bridgehead atoms. The summed E-state index contributed by atoms with van der Waals surface area (Å²) in [6.45, 7) is 2.06. The zero-order chi connectivity index (χ0) is 20.4. The zero-order valence-electron chi connectivity index (χ0n) is 16.1. The largest absolute Gasteiger partial charge is 0.418 e. The summed E-state index contributed by atoms with van der Waals surface area (Å²) in [4.78, 5) is 8.43. The Morgan fingerprint density at radius 3 is 2.69 bits per heavy atom. The van der Waals surface area contributed by atoms with Crippen LogP contribution in [0.2, 0.25) is 0 Å². The number of alkyl halides is 3. The predicted molar refractivity (Wildman–Crippen MR) is 105 cm³/mol. The highest BCUT2D eigenvalue weighted by Crippen LogP contribution is 2.38. The zero-order valence-corrected chi connectivity index (χ0v) is 16.1. The molecule has 1 saturated carbocycles. The van der Waals surface area contributed by atoms with E-state index in [0.29, 0.717) is 11.3 Å². The lowest BCUT2D eigenvalue weighted by Gasteiger charge is -2.27. The van der Waals surface area contributed by atoms with Gasteiger partial charge in [0.15, 0.2) is 0 Å². The van der Waals surface area contributed by atoms with E-state index in [1.807, 2.05) is 6.07 Å². The highest BCUT2D eigenvalue weighted by molar-refractivity contribution is 5.66. The summed E-state index contributed by atoms with van der Waals surface area (Å²) >= 11 is 0. The molecule has 5 nitrogen and oxygen atoms in total. The van der Waals surface area contributed by atoms with Crippen LogP contribution < -0.4 is 5.32 Å². The lowest BCUT2D eigenvalue weighted by Crippen LogP contribution is -2.27. The molecular weight excluding hydrogens is 379 g/mol. The van der Waals surface area contributed by atoms with Crippen molar-refractivity contribution < 1.29 is 13.2 Å². The fourth-order valence-corrected chi connectivity index (χ4v) is 3.37. The van der Waals surface area contributed by atoms with Crippen molar-refractivity contribution in [3.05, 3.63) is 54.2 Å². The van der Waals surface area contributed by atoms with Gasteiger partial charge in [0.2, 0.25) is 0 Å². The average molecular weight is 401 g/mol. The van der Waals surface area contributed by atoms with Crippen molar-refractivity contribution in [3.63, 3.8) is 0 Å². The molecule has 0 radical (unpaired) electrons. The summed E-state index contributed by atoms with van der Waals surface area (Å²) in [6.07, 6.45) is 6.46. The molecule has 1 aliphatic rings. The smallest absolute Gasteiger partial charge is 0.381 e. The summed E-state index contributed by atoms with van der Waals surface area (Å²) in [5.74, 6) is 0. The minimum absolute atomic E-state index is 0.120. The lowest BCUT2D eigenvalue weighted by atomic mass is 9.93. The van der Waals surface area contributed by atoms with Crippen LogP contribution in [-0.4, -0.2) is 25.8 Å². The summed E-state index contributed by atoms with van der Waals surface area (Å²) < 4.78 is 42.7. The van der Waals surface area contributed by atoms with E-state index in [9.17, 15) is 13.2 Å². The van der Waals surface area contributed by atoms with Crippen LogP contribution in [0.3, 0.4) is 0 Å². The van der Waals surface area contributed by atoms with E-state index in [1.54, 1.807) is 23.1 Å². The minimum Gasteiger partial charge on any atom is -0.381 e. The summed E-state index contributed by atoms with van der Waals surface area (Å²) in [5, 5.41) is 7.37. The molecule has 3 aromatic rings. The van der Waals surface area contributed by atoms with Gasteiger partial charge in [-0.3, -0.25) is 9.97 Å². The Morgan fingerprint density at radius 1 is 1.17 bits per heavy atom. The molecule has 0 aliphatic heterocycles. The van der Waals surface area contributed by atoms with E-state index >= 15 is 0 Å². The molecule has 0 saturated heterocycles. The molecule has 0 unspecified atom stereocenters. The normalized spacial score (nSPS) is 14.6. The molecule has 3 aromatic heterocycles. The van der Waals surface area contributed by atoms with Crippen molar-refractivity contribution in [2.45, 2.75) is 51.2 Å². The SMILES string of the molecule is CCCc1cc(-n2cc(-c3ncc(NC4CCC4)cc3C(F)(F)F)cn2)ccn1. The molecule has 0 spiro atoms. The van der Waals surface area contributed by atoms with Gasteiger partial charge in [-0.2, -0.15) is 18.3 Å². The van der Waals surface area contributed by atoms with Crippen LogP contribution in [0.4, 0.5) is 18.9 Å². The molecule has 3 heterocycles. The lowest BCUT2D eigenvalue weighted by molar-refractivity contribution is -0.137. The maximum absolute atomic E-state index is 13.7. The number of aryl methyl sites for hydroxylation is 1. The number of hydrogen-bond acceptors (Lipinski definition) is 4. The van der Waals surface area contributed by atoms with Gasteiger partial charge in [0, 0.05) is 29.7 Å². The first-order valence-corrected chi connectivity index (χ1v) is 9.78. The van der Waals surface area contributed by atoms with E-state index < -0.39 is 11.7 Å². The number of halogens is 3. The Kier molecular flexibility index (Phi) is 5.25. The van der Waals surface area contributed by atoms with Gasteiger partial charge in [-0.25, -0.2) is 4.68 Å². The van der Waals surface area contributed by atoms with Gasteiger partial charge in [-0.15, -0.1) is 0 Å². The number of rotatable bonds is 6. The molecule has 0 aromatic carbocycles. The predicted octanol–water partition coefficient (Wildman–Crippen LogP) is 5.27. The van der Waals surface area contributed by atoms with Gasteiger partial charge >= 0.3 is 6.18 Å². The molecule has 1 N–H and O–H groups in total. The second-order valence-corrected chi connectivity index (χ2v) is 7.32. The van der Waals surface area contributed by atoms with E-state index in [4.69, 9.17) is 0 Å². The molecule has 4 rings (SSSR count). The van der Waals surface area contributed by atoms with Crippen molar-refractivity contribution in [1.82, 2.24) is 19.7 Å². The third-order valence-corrected chi connectivity index (χ3v) is 5.10. The number of nitrogens with one attached hydrogen (secondary N) is 1. The molecule has 29 heavy (non-hydrogen) atoms. The third-order valence-electron chi connectivity index (χ3n) is 5.10. The quantitative estimate of drug-likeness (QED) is 0.612. The van der Waals surface area contributed by atoms with Crippen molar-refractivity contribution in [3.8, 4) is 16.9 Å². The highest BCUT2D eigenvalue weighted by Gasteiger charge is 2.35. The average Bonchev–Trinajstić information content (AvgIpc) is 3.14. The third kappa shape index (κ3) is 4.26. The van der Waals surface area contributed by atoms with Crippen molar-refractivity contribution in [2.24, 2.45) is 0 Å². The van der Waals surface area contributed by atoms with Crippen LogP contribution >= 0.6 is 0 Å². The van der Waals surface area contributed by atoms with Crippen LogP contribution in [0, 0.1) is 0 Å². The first kappa shape index (κ1) is 19.4. The number of hydrogen-bond donors (Lipinski definition) is 1. The van der Waals surface area contributed by atoms with Gasteiger partial charge < -0.3 is 5.32 Å². The molecule has 0 amide bonds. The monoisotopic (exact) mass is 401 g/mol. The van der Waals surface area contributed by atoms with Crippen molar-refractivity contribution in [2.75, 3.05) is 5.32 Å². The fourth-order valence-electron chi connectivity index (χ4n) is 3.37. The van der Waals surface area contributed by atoms with Crippen LogP contribution in [0.5, 0.6) is 0 Å². The Morgan fingerprint density at radius 2 is 2.00 bits per heavy atom. The molecular formula is C21H22F3N5. The van der Waals surface area contributed by atoms with E-state index in [0.717, 1.165) is 49.6 Å². The van der Waals surface area contributed by atoms with Gasteiger partial charge in [-0.1, -0.05) is 13.3 Å². The Balaban J connectivity index is 1.66. The van der Waals surface area contributed by atoms with Gasteiger partial charge in [0.25, 0.3) is 0 Å². The van der Waals surface area contributed by atoms with Gasteiger partial charge in [-0.05, 0) is 43.9 Å². The van der Waals surface area contributed by atoms with E-state index in [-0.39, 0.29) is 11.7 Å². The number of nitrogens with zero attached hydrogens (tertiary/aromatic N) is 4. The van der Waals surface area contributed by atoms with Crippen LogP contribution in [0.25, 0.3) is 16.9 Å². The Bertz CT molecular complexity index is 992. The molecule has 0 atom stereocenters. The Hall–Kier alpha value is -2.90. The summed E-state index contributed by atoms with van der Waals surface area (Å²) in [6, 6.07) is 5.04.